The maximum Gasteiger partial charge on any atom is 0.200 e. The summed E-state index contributed by atoms with van der Waals surface area (Å²) in [5.74, 6) is 1.69. The number of hydrogen-bond acceptors (Lipinski definition) is 7. The number of nitrogens with zero attached hydrogens (tertiary/aromatic N) is 1. The summed E-state index contributed by atoms with van der Waals surface area (Å²) in [7, 11) is 3.54. The van der Waals surface area contributed by atoms with Crippen molar-refractivity contribution in [2.75, 3.05) is 14.2 Å². The first-order valence-corrected chi connectivity index (χ1v) is 17.0. The van der Waals surface area contributed by atoms with E-state index >= 15 is 0 Å². The topological polar surface area (TPSA) is 126 Å². The Labute approximate surface area is 271 Å². The number of phenols is 3. The fraction of sp³-hybridized carbons (Fsp3) is 0.526. The van der Waals surface area contributed by atoms with Gasteiger partial charge in [0.15, 0.2) is 11.5 Å². The molecule has 2 aromatic carbocycles. The van der Waals surface area contributed by atoms with Crippen LogP contribution in [0.15, 0.2) is 54.9 Å². The van der Waals surface area contributed by atoms with Crippen molar-refractivity contribution < 1.29 is 29.9 Å². The molecule has 1 saturated heterocycles. The van der Waals surface area contributed by atoms with Gasteiger partial charge in [-0.2, -0.15) is 12.4 Å². The standard InChI is InChI=1S/C38H47N2O6/c1-39-25-8-10-26-24(15-25)4-3-5-27(26)29-16-22(7-11-32(29)41)23-6-9-28-33(42)19-36(46-35(28)17-23)30-18-34(43)37(44)38(45-2)31(30)14-21-12-13-40-20-21/h3,5,7,11-13,16,18,20,23-28,33,35-36,39,41-44H,4,6,8-10,14-15,17,19H2,1-2H3/q-1. The van der Waals surface area contributed by atoms with Gasteiger partial charge in [-0.05, 0) is 99.4 Å². The highest BCUT2D eigenvalue weighted by Crippen LogP contribution is 2.51. The molecule has 0 bridgehead atoms. The number of hydrogen-bond donors (Lipinski definition) is 5. The third-order valence-electron chi connectivity index (χ3n) is 11.6. The molecule has 4 aliphatic rings. The molecule has 8 heteroatoms. The Kier molecular flexibility index (Phi) is 8.79. The Morgan fingerprint density at radius 2 is 1.80 bits per heavy atom. The first kappa shape index (κ1) is 31.2. The van der Waals surface area contributed by atoms with E-state index in [9.17, 15) is 20.4 Å². The molecule has 3 fully saturated rings. The minimum Gasteiger partial charge on any atom is -0.670 e. The number of benzene rings is 2. The number of phenolic OH excluding ortho intramolecular Hbond substituents is 3. The third-order valence-corrected chi connectivity index (χ3v) is 11.6. The Morgan fingerprint density at radius 3 is 2.59 bits per heavy atom. The van der Waals surface area contributed by atoms with E-state index in [1.807, 2.05) is 12.1 Å². The van der Waals surface area contributed by atoms with Crippen LogP contribution in [0, 0.1) is 17.8 Å². The van der Waals surface area contributed by atoms with Crippen molar-refractivity contribution in [2.24, 2.45) is 17.8 Å². The molecule has 9 atom stereocenters. The maximum atomic E-state index is 11.4. The van der Waals surface area contributed by atoms with Gasteiger partial charge in [0, 0.05) is 35.4 Å². The van der Waals surface area contributed by atoms with Crippen molar-refractivity contribution >= 4 is 0 Å². The van der Waals surface area contributed by atoms with E-state index in [0.29, 0.717) is 42.0 Å². The minimum atomic E-state index is -0.549. The third kappa shape index (κ3) is 5.80. The van der Waals surface area contributed by atoms with E-state index in [4.69, 9.17) is 9.47 Å². The van der Waals surface area contributed by atoms with Crippen LogP contribution >= 0.6 is 0 Å². The molecule has 3 aliphatic carbocycles. The van der Waals surface area contributed by atoms with Crippen molar-refractivity contribution in [3.05, 3.63) is 82.7 Å². The van der Waals surface area contributed by atoms with Gasteiger partial charge in [0.2, 0.25) is 5.75 Å². The second-order valence-electron chi connectivity index (χ2n) is 14.1. The van der Waals surface area contributed by atoms with Crippen LogP contribution in [0.5, 0.6) is 23.0 Å². The van der Waals surface area contributed by atoms with E-state index < -0.39 is 12.2 Å². The molecule has 1 aromatic heterocycles. The molecule has 0 amide bonds. The van der Waals surface area contributed by atoms with Gasteiger partial charge in [0.1, 0.15) is 5.75 Å². The summed E-state index contributed by atoms with van der Waals surface area (Å²) in [6.45, 7) is 0. The molecular weight excluding hydrogens is 580 g/mol. The highest BCUT2D eigenvalue weighted by molar-refractivity contribution is 5.59. The highest BCUT2D eigenvalue weighted by atomic mass is 16.5. The van der Waals surface area contributed by atoms with E-state index in [1.165, 1.54) is 25.5 Å². The van der Waals surface area contributed by atoms with Crippen LogP contribution in [-0.4, -0.2) is 52.8 Å². The molecule has 246 valence electrons. The minimum absolute atomic E-state index is 0.0313. The van der Waals surface area contributed by atoms with Gasteiger partial charge >= 0.3 is 0 Å². The summed E-state index contributed by atoms with van der Waals surface area (Å²) in [5.41, 5.74) is 4.65. The van der Waals surface area contributed by atoms with Gasteiger partial charge in [-0.3, -0.25) is 0 Å². The Balaban J connectivity index is 1.14. The number of nitrogens with one attached hydrogen (secondary N) is 1. The van der Waals surface area contributed by atoms with Gasteiger partial charge in [0.05, 0.1) is 25.4 Å². The molecule has 1 aliphatic heterocycles. The lowest BCUT2D eigenvalue weighted by Gasteiger charge is -2.45. The number of ether oxygens (including phenoxy) is 2. The van der Waals surface area contributed by atoms with Crippen molar-refractivity contribution in [2.45, 2.75) is 94.0 Å². The molecule has 7 rings (SSSR count). The lowest BCUT2D eigenvalue weighted by molar-refractivity contribution is -0.154. The maximum absolute atomic E-state index is 11.4. The van der Waals surface area contributed by atoms with Crippen LogP contribution in [0.2, 0.25) is 0 Å². The van der Waals surface area contributed by atoms with E-state index in [1.54, 1.807) is 18.5 Å². The molecule has 46 heavy (non-hydrogen) atoms. The Bertz CT molecular complexity index is 1550. The lowest BCUT2D eigenvalue weighted by Crippen LogP contribution is -2.44. The predicted octanol–water partition coefficient (Wildman–Crippen LogP) is 6.18. The number of aromatic nitrogens is 1. The molecule has 0 spiro atoms. The molecule has 2 saturated carbocycles. The smallest absolute Gasteiger partial charge is 0.200 e. The van der Waals surface area contributed by atoms with Crippen LogP contribution in [0.3, 0.4) is 0 Å². The molecular formula is C38H47N2O6-. The van der Waals surface area contributed by atoms with Crippen LogP contribution in [0.25, 0.3) is 0 Å². The number of aromatic hydroxyl groups is 3. The Hall–Kier alpha value is -3.46. The van der Waals surface area contributed by atoms with Crippen molar-refractivity contribution in [3.63, 3.8) is 0 Å². The van der Waals surface area contributed by atoms with Gasteiger partial charge in [-0.1, -0.05) is 35.9 Å². The molecule has 5 N–H and O–H groups in total. The predicted molar refractivity (Wildman–Crippen MR) is 175 cm³/mol. The van der Waals surface area contributed by atoms with Crippen LogP contribution in [0.4, 0.5) is 0 Å². The average molecular weight is 628 g/mol. The average Bonchev–Trinajstić information content (AvgIpc) is 3.59. The van der Waals surface area contributed by atoms with E-state index in [2.05, 4.69) is 41.6 Å². The summed E-state index contributed by atoms with van der Waals surface area (Å²) in [4.78, 5) is 4.18. The summed E-state index contributed by atoms with van der Waals surface area (Å²) in [6.07, 6.45) is 15.0. The highest BCUT2D eigenvalue weighted by Gasteiger charge is 2.44. The van der Waals surface area contributed by atoms with Crippen LogP contribution in [-0.2, 0) is 11.2 Å². The zero-order chi connectivity index (χ0) is 31.9. The molecule has 8 nitrogen and oxygen atoms in total. The zero-order valence-corrected chi connectivity index (χ0v) is 26.8. The number of rotatable bonds is 7. The molecule has 0 radical (unpaired) electrons. The van der Waals surface area contributed by atoms with Gasteiger partial charge < -0.3 is 40.2 Å². The molecule has 9 unspecified atom stereocenters. The normalized spacial score (nSPS) is 32.5. The second kappa shape index (κ2) is 13.0. The van der Waals surface area contributed by atoms with Crippen LogP contribution in [0.1, 0.15) is 97.1 Å². The van der Waals surface area contributed by atoms with Crippen molar-refractivity contribution in [3.8, 4) is 23.0 Å². The van der Waals surface area contributed by atoms with Crippen molar-refractivity contribution in [1.29, 1.82) is 0 Å². The van der Waals surface area contributed by atoms with Crippen LogP contribution < -0.4 is 15.0 Å². The quantitative estimate of drug-likeness (QED) is 0.155. The summed E-state index contributed by atoms with van der Waals surface area (Å²) in [6, 6.07) is 10.2. The monoisotopic (exact) mass is 627 g/mol. The first-order chi connectivity index (χ1) is 22.3. The van der Waals surface area contributed by atoms with E-state index in [0.717, 1.165) is 48.8 Å². The number of methoxy groups -OCH3 is 1. The Morgan fingerprint density at radius 1 is 0.957 bits per heavy atom. The second-order valence-corrected chi connectivity index (χ2v) is 14.1. The lowest BCUT2D eigenvalue weighted by atomic mass is 9.65. The molecule has 2 heterocycles. The number of aliphatic hydroxyl groups excluding tert-OH is 1. The number of aliphatic hydroxyl groups is 1. The molecule has 3 aromatic rings. The first-order valence-electron chi connectivity index (χ1n) is 17.0. The SMILES string of the molecule is CNC1CCC2C(CC=CC2c2cc(C3CCC4C(O)CC(c5cc(O)c(O)c(OC)c5Cc5cc[n-]c5)OC4C3)ccc2O)C1. The number of fused-ring (bicyclic) bond motifs is 2. The fourth-order valence-corrected chi connectivity index (χ4v) is 9.19. The fourth-order valence-electron chi connectivity index (χ4n) is 9.19. The number of allylic oxidation sites excluding steroid dienone is 2. The largest absolute Gasteiger partial charge is 0.670 e. The van der Waals surface area contributed by atoms with Gasteiger partial charge in [-0.25, -0.2) is 0 Å². The van der Waals surface area contributed by atoms with Crippen molar-refractivity contribution in [1.82, 2.24) is 10.3 Å². The van der Waals surface area contributed by atoms with Gasteiger partial charge in [-0.15, -0.1) is 0 Å². The zero-order valence-electron chi connectivity index (χ0n) is 26.8. The summed E-state index contributed by atoms with van der Waals surface area (Å²) >= 11 is 0. The summed E-state index contributed by atoms with van der Waals surface area (Å²) in [5, 5.41) is 47.3. The van der Waals surface area contributed by atoms with Gasteiger partial charge in [0.25, 0.3) is 0 Å². The summed E-state index contributed by atoms with van der Waals surface area (Å²) < 4.78 is 12.4. The van der Waals surface area contributed by atoms with E-state index in [-0.39, 0.29) is 41.1 Å².